The van der Waals surface area contributed by atoms with Crippen LogP contribution in [0.2, 0.25) is 0 Å². The van der Waals surface area contributed by atoms with Gasteiger partial charge in [0, 0.05) is 18.6 Å². The van der Waals surface area contributed by atoms with Gasteiger partial charge in [0.2, 0.25) is 0 Å². The number of nitrogens with zero attached hydrogens (tertiary/aromatic N) is 3. The van der Waals surface area contributed by atoms with E-state index in [-0.39, 0.29) is 4.90 Å². The highest BCUT2D eigenvalue weighted by molar-refractivity contribution is 7.90. The Balaban J connectivity index is 2.40. The van der Waals surface area contributed by atoms with Crippen LogP contribution in [0.5, 0.6) is 0 Å². The van der Waals surface area contributed by atoms with Gasteiger partial charge in [0.1, 0.15) is 0 Å². The first-order valence-electron chi connectivity index (χ1n) is 4.64. The van der Waals surface area contributed by atoms with Gasteiger partial charge < -0.3 is 0 Å². The van der Waals surface area contributed by atoms with E-state index in [0.717, 1.165) is 11.8 Å². The minimum absolute atomic E-state index is 0.208. The highest BCUT2D eigenvalue weighted by Gasteiger charge is 2.07. The van der Waals surface area contributed by atoms with Crippen molar-refractivity contribution in [3.63, 3.8) is 0 Å². The van der Waals surface area contributed by atoms with Gasteiger partial charge >= 0.3 is 0 Å². The van der Waals surface area contributed by atoms with Crippen LogP contribution in [0.25, 0.3) is 5.82 Å². The molecule has 0 spiro atoms. The van der Waals surface area contributed by atoms with Crippen molar-refractivity contribution in [3.8, 4) is 5.82 Å². The highest BCUT2D eigenvalue weighted by Crippen LogP contribution is 2.10. The first kappa shape index (κ1) is 10.8. The molecule has 0 radical (unpaired) electrons. The largest absolute Gasteiger partial charge is 0.236 e. The van der Waals surface area contributed by atoms with Gasteiger partial charge in [-0.3, -0.25) is 0 Å². The lowest BCUT2D eigenvalue weighted by atomic mass is 10.4. The molecule has 0 saturated carbocycles. The summed E-state index contributed by atoms with van der Waals surface area (Å²) in [6.07, 6.45) is 6.03. The van der Waals surface area contributed by atoms with Crippen LogP contribution in [0.15, 0.2) is 35.6 Å². The maximum atomic E-state index is 11.2. The fourth-order valence-electron chi connectivity index (χ4n) is 1.27. The van der Waals surface area contributed by atoms with Crippen LogP contribution in [0.1, 0.15) is 5.56 Å². The molecule has 5 nitrogen and oxygen atoms in total. The first-order valence-corrected chi connectivity index (χ1v) is 6.54. The van der Waals surface area contributed by atoms with Gasteiger partial charge in [0.05, 0.1) is 11.1 Å². The molecule has 0 unspecified atom stereocenters. The topological polar surface area (TPSA) is 64.8 Å². The second kappa shape index (κ2) is 3.71. The number of hydrogen-bond donors (Lipinski definition) is 0. The lowest BCUT2D eigenvalue weighted by molar-refractivity contribution is 0.601. The zero-order valence-electron chi connectivity index (χ0n) is 8.95. The monoisotopic (exact) mass is 237 g/mol. The minimum atomic E-state index is -3.19. The Labute approximate surface area is 93.7 Å². The van der Waals surface area contributed by atoms with Crippen LogP contribution >= 0.6 is 0 Å². The zero-order chi connectivity index (χ0) is 11.8. The van der Waals surface area contributed by atoms with Gasteiger partial charge in [-0.1, -0.05) is 0 Å². The van der Waals surface area contributed by atoms with Crippen molar-refractivity contribution >= 4 is 9.84 Å². The molecular weight excluding hydrogens is 226 g/mol. The van der Waals surface area contributed by atoms with E-state index in [0.29, 0.717) is 5.82 Å². The predicted molar refractivity (Wildman–Crippen MR) is 59.2 cm³/mol. The Morgan fingerprint density at radius 2 is 2.00 bits per heavy atom. The van der Waals surface area contributed by atoms with Crippen molar-refractivity contribution in [3.05, 3.63) is 36.3 Å². The summed E-state index contributed by atoms with van der Waals surface area (Å²) in [6, 6.07) is 3.15. The molecule has 0 fully saturated rings. The van der Waals surface area contributed by atoms with E-state index in [4.69, 9.17) is 0 Å². The zero-order valence-corrected chi connectivity index (χ0v) is 9.77. The Hall–Kier alpha value is -1.69. The first-order chi connectivity index (χ1) is 7.47. The molecule has 2 aromatic rings. The Morgan fingerprint density at radius 3 is 2.44 bits per heavy atom. The molecule has 0 aliphatic rings. The van der Waals surface area contributed by atoms with Gasteiger partial charge in [-0.2, -0.15) is 5.10 Å². The molecule has 0 N–H and O–H groups in total. The molecule has 0 aliphatic heterocycles. The molecule has 16 heavy (non-hydrogen) atoms. The Bertz CT molecular complexity index is 599. The molecule has 6 heteroatoms. The van der Waals surface area contributed by atoms with Gasteiger partial charge in [0.25, 0.3) is 0 Å². The van der Waals surface area contributed by atoms with Gasteiger partial charge in [-0.25, -0.2) is 18.1 Å². The van der Waals surface area contributed by atoms with Gasteiger partial charge in [-0.15, -0.1) is 0 Å². The minimum Gasteiger partial charge on any atom is -0.236 e. The molecule has 2 aromatic heterocycles. The molecule has 0 atom stereocenters. The number of aromatic nitrogens is 3. The molecule has 0 bridgehead atoms. The van der Waals surface area contributed by atoms with E-state index < -0.39 is 9.84 Å². The fourth-order valence-corrected chi connectivity index (χ4v) is 1.82. The number of pyridine rings is 1. The number of aryl methyl sites for hydroxylation is 1. The van der Waals surface area contributed by atoms with Crippen LogP contribution in [-0.2, 0) is 9.84 Å². The second-order valence-electron chi connectivity index (χ2n) is 3.59. The summed E-state index contributed by atoms with van der Waals surface area (Å²) < 4.78 is 24.0. The Morgan fingerprint density at radius 1 is 1.25 bits per heavy atom. The number of sulfone groups is 1. The smallest absolute Gasteiger partial charge is 0.177 e. The van der Waals surface area contributed by atoms with E-state index in [9.17, 15) is 8.42 Å². The van der Waals surface area contributed by atoms with Gasteiger partial charge in [0.15, 0.2) is 15.7 Å². The number of hydrogen-bond acceptors (Lipinski definition) is 4. The molecule has 2 rings (SSSR count). The molecule has 84 valence electrons. The third-order valence-corrected chi connectivity index (χ3v) is 3.19. The maximum Gasteiger partial charge on any atom is 0.177 e. The second-order valence-corrected chi connectivity index (χ2v) is 5.60. The lowest BCUT2D eigenvalue weighted by Crippen LogP contribution is -2.01. The average molecular weight is 237 g/mol. The van der Waals surface area contributed by atoms with Crippen LogP contribution in [-0.4, -0.2) is 29.4 Å². The average Bonchev–Trinajstić information content (AvgIpc) is 2.64. The van der Waals surface area contributed by atoms with Crippen LogP contribution in [0, 0.1) is 6.92 Å². The molecule has 0 saturated heterocycles. The summed E-state index contributed by atoms with van der Waals surface area (Å²) in [4.78, 5) is 4.26. The summed E-state index contributed by atoms with van der Waals surface area (Å²) in [5.74, 6) is 0.598. The Kier molecular flexibility index (Phi) is 2.51. The fraction of sp³-hybridized carbons (Fsp3) is 0.200. The summed E-state index contributed by atoms with van der Waals surface area (Å²) in [6.45, 7) is 1.92. The normalized spacial score (nSPS) is 11.6. The maximum absolute atomic E-state index is 11.2. The molecule has 2 heterocycles. The summed E-state index contributed by atoms with van der Waals surface area (Å²) in [5, 5.41) is 4.08. The van der Waals surface area contributed by atoms with E-state index in [1.807, 2.05) is 13.1 Å². The number of rotatable bonds is 2. The molecule has 0 aromatic carbocycles. The third-order valence-electron chi connectivity index (χ3n) is 2.10. The molecule has 0 aliphatic carbocycles. The van der Waals surface area contributed by atoms with Crippen molar-refractivity contribution in [1.82, 2.24) is 14.8 Å². The van der Waals surface area contributed by atoms with Crippen LogP contribution < -0.4 is 0 Å². The third kappa shape index (κ3) is 2.11. The predicted octanol–water partition coefficient (Wildman–Crippen LogP) is 0.979. The molecule has 0 amide bonds. The van der Waals surface area contributed by atoms with Crippen molar-refractivity contribution in [2.75, 3.05) is 6.26 Å². The van der Waals surface area contributed by atoms with E-state index in [1.165, 1.54) is 12.3 Å². The summed E-state index contributed by atoms with van der Waals surface area (Å²) >= 11 is 0. The summed E-state index contributed by atoms with van der Waals surface area (Å²) in [7, 11) is -3.19. The van der Waals surface area contributed by atoms with Crippen molar-refractivity contribution in [1.29, 1.82) is 0 Å². The van der Waals surface area contributed by atoms with Crippen molar-refractivity contribution < 1.29 is 8.42 Å². The van der Waals surface area contributed by atoms with Gasteiger partial charge in [-0.05, 0) is 24.6 Å². The highest BCUT2D eigenvalue weighted by atomic mass is 32.2. The molecular formula is C10H11N3O2S. The standard InChI is InChI=1S/C10H11N3O2S/c1-8-5-12-13(7-8)10-4-3-9(6-11-10)16(2,14)15/h3-7H,1-2H3. The van der Waals surface area contributed by atoms with Crippen LogP contribution in [0.4, 0.5) is 0 Å². The van der Waals surface area contributed by atoms with Crippen LogP contribution in [0.3, 0.4) is 0 Å². The summed E-state index contributed by atoms with van der Waals surface area (Å²) in [5.41, 5.74) is 1.02. The SMILES string of the molecule is Cc1cnn(-c2ccc(S(C)(=O)=O)cn2)c1. The van der Waals surface area contributed by atoms with E-state index in [2.05, 4.69) is 10.1 Å². The quantitative estimate of drug-likeness (QED) is 0.781. The van der Waals surface area contributed by atoms with Crippen molar-refractivity contribution in [2.45, 2.75) is 11.8 Å². The van der Waals surface area contributed by atoms with E-state index in [1.54, 1.807) is 16.9 Å². The van der Waals surface area contributed by atoms with Crippen molar-refractivity contribution in [2.24, 2.45) is 0 Å². The lowest BCUT2D eigenvalue weighted by Gasteiger charge is -2.01. The van der Waals surface area contributed by atoms with E-state index >= 15 is 0 Å².